The first kappa shape index (κ1) is 20.6. The monoisotopic (exact) mass is 370 g/mol. The molecule has 146 valence electrons. The van der Waals surface area contributed by atoms with Gasteiger partial charge in [-0.2, -0.15) is 0 Å². The van der Waals surface area contributed by atoms with Crippen molar-refractivity contribution in [3.05, 3.63) is 48.2 Å². The van der Waals surface area contributed by atoms with Crippen LogP contribution in [0.5, 0.6) is 17.4 Å². The van der Waals surface area contributed by atoms with Crippen LogP contribution in [0, 0.1) is 0 Å². The zero-order valence-electron chi connectivity index (χ0n) is 16.7. The van der Waals surface area contributed by atoms with Crippen LogP contribution < -0.4 is 20.1 Å². The van der Waals surface area contributed by atoms with Crippen molar-refractivity contribution in [2.75, 3.05) is 13.2 Å². The van der Waals surface area contributed by atoms with Crippen molar-refractivity contribution in [1.82, 2.24) is 15.6 Å². The Bertz CT molecular complexity index is 732. The predicted octanol–water partition coefficient (Wildman–Crippen LogP) is 4.13. The Hall–Kier alpha value is -2.76. The summed E-state index contributed by atoms with van der Waals surface area (Å²) in [5, 5.41) is 6.55. The highest BCUT2D eigenvalue weighted by molar-refractivity contribution is 5.80. The third-order valence-electron chi connectivity index (χ3n) is 3.54. The first-order valence-electron chi connectivity index (χ1n) is 9.52. The molecule has 0 unspecified atom stereocenters. The largest absolute Gasteiger partial charge is 0.490 e. The zero-order valence-corrected chi connectivity index (χ0v) is 16.7. The number of nitrogens with one attached hydrogen (secondary N) is 2. The van der Waals surface area contributed by atoms with Gasteiger partial charge in [-0.15, -0.1) is 0 Å². The molecule has 1 heterocycles. The molecular weight excluding hydrogens is 340 g/mol. The number of hydrogen-bond donors (Lipinski definition) is 2. The van der Waals surface area contributed by atoms with Crippen LogP contribution in [0.3, 0.4) is 0 Å². The van der Waals surface area contributed by atoms with Crippen LogP contribution in [0.4, 0.5) is 0 Å². The van der Waals surface area contributed by atoms with E-state index in [9.17, 15) is 0 Å². The number of aliphatic imine (C=N–C) groups is 1. The molecule has 0 saturated carbocycles. The smallest absolute Gasteiger partial charge is 0.224 e. The van der Waals surface area contributed by atoms with E-state index in [0.717, 1.165) is 24.5 Å². The molecule has 0 aliphatic rings. The lowest BCUT2D eigenvalue weighted by molar-refractivity contribution is 0.300. The van der Waals surface area contributed by atoms with Crippen molar-refractivity contribution in [3.8, 4) is 17.4 Å². The molecule has 0 radical (unpaired) electrons. The Kier molecular flexibility index (Phi) is 8.42. The van der Waals surface area contributed by atoms with Gasteiger partial charge in [0, 0.05) is 24.3 Å². The Morgan fingerprint density at radius 1 is 1.11 bits per heavy atom. The molecule has 1 aromatic heterocycles. The molecule has 6 nitrogen and oxygen atoms in total. The molecule has 2 aromatic rings. The zero-order chi connectivity index (χ0) is 19.5. The highest BCUT2D eigenvalue weighted by Crippen LogP contribution is 2.32. The van der Waals surface area contributed by atoms with Gasteiger partial charge in [-0.3, -0.25) is 0 Å². The van der Waals surface area contributed by atoms with Crippen LogP contribution in [0.1, 0.15) is 39.7 Å². The number of aromatic nitrogens is 1. The van der Waals surface area contributed by atoms with Gasteiger partial charge >= 0.3 is 0 Å². The number of ether oxygens (including phenoxy) is 2. The van der Waals surface area contributed by atoms with Crippen LogP contribution in [0.25, 0.3) is 0 Å². The number of rotatable bonds is 9. The van der Waals surface area contributed by atoms with E-state index in [1.54, 1.807) is 6.20 Å². The third-order valence-corrected chi connectivity index (χ3v) is 3.54. The maximum Gasteiger partial charge on any atom is 0.224 e. The van der Waals surface area contributed by atoms with Crippen LogP contribution in [-0.4, -0.2) is 30.1 Å². The second kappa shape index (κ2) is 11.1. The minimum Gasteiger partial charge on any atom is -0.490 e. The number of para-hydroxylation sites is 2. The molecular formula is C21H30N4O2. The molecule has 0 aliphatic heterocycles. The summed E-state index contributed by atoms with van der Waals surface area (Å²) in [4.78, 5) is 9.03. The number of guanidine groups is 1. The molecule has 0 aliphatic carbocycles. The van der Waals surface area contributed by atoms with Crippen molar-refractivity contribution in [1.29, 1.82) is 0 Å². The van der Waals surface area contributed by atoms with Crippen LogP contribution in [-0.2, 0) is 6.54 Å². The van der Waals surface area contributed by atoms with Gasteiger partial charge in [0.2, 0.25) is 5.88 Å². The number of nitrogens with zero attached hydrogens (tertiary/aromatic N) is 2. The normalized spacial score (nSPS) is 11.4. The average molecular weight is 370 g/mol. The van der Waals surface area contributed by atoms with Crippen LogP contribution in [0.15, 0.2) is 47.6 Å². The summed E-state index contributed by atoms with van der Waals surface area (Å²) in [6.45, 7) is 10.2. The van der Waals surface area contributed by atoms with Gasteiger partial charge in [-0.25, -0.2) is 9.98 Å². The van der Waals surface area contributed by atoms with Crippen LogP contribution >= 0.6 is 0 Å². The Morgan fingerprint density at radius 2 is 1.89 bits per heavy atom. The van der Waals surface area contributed by atoms with E-state index in [0.29, 0.717) is 36.6 Å². The van der Waals surface area contributed by atoms with E-state index in [-0.39, 0.29) is 0 Å². The molecule has 0 bridgehead atoms. The fourth-order valence-electron chi connectivity index (χ4n) is 2.36. The molecule has 2 N–H and O–H groups in total. The van der Waals surface area contributed by atoms with E-state index in [1.165, 1.54) is 0 Å². The van der Waals surface area contributed by atoms with E-state index >= 15 is 0 Å². The minimum atomic E-state index is 0.301. The number of benzene rings is 1. The number of pyridine rings is 1. The van der Waals surface area contributed by atoms with Crippen molar-refractivity contribution in [2.45, 2.75) is 46.7 Å². The summed E-state index contributed by atoms with van der Waals surface area (Å²) in [5.41, 5.74) is 0.906. The average Bonchev–Trinajstić information content (AvgIpc) is 2.66. The SMILES string of the molecule is CCCOc1ccccc1Oc1ncccc1CN=C(NCC)NC(C)C. The lowest BCUT2D eigenvalue weighted by Gasteiger charge is -2.15. The first-order valence-corrected chi connectivity index (χ1v) is 9.52. The Morgan fingerprint density at radius 3 is 2.59 bits per heavy atom. The van der Waals surface area contributed by atoms with Crippen molar-refractivity contribution in [2.24, 2.45) is 4.99 Å². The van der Waals surface area contributed by atoms with E-state index < -0.39 is 0 Å². The molecule has 0 fully saturated rings. The van der Waals surface area contributed by atoms with Crippen molar-refractivity contribution >= 4 is 5.96 Å². The summed E-state index contributed by atoms with van der Waals surface area (Å²) in [7, 11) is 0. The van der Waals surface area contributed by atoms with Gasteiger partial charge in [0.05, 0.1) is 13.2 Å². The quantitative estimate of drug-likeness (QED) is 0.513. The van der Waals surface area contributed by atoms with E-state index in [2.05, 4.69) is 41.4 Å². The summed E-state index contributed by atoms with van der Waals surface area (Å²) in [5.74, 6) is 2.68. The molecule has 0 saturated heterocycles. The van der Waals surface area contributed by atoms with Gasteiger partial charge < -0.3 is 20.1 Å². The highest BCUT2D eigenvalue weighted by Gasteiger charge is 2.10. The summed E-state index contributed by atoms with van der Waals surface area (Å²) < 4.78 is 11.8. The standard InChI is InChI=1S/C21H30N4O2/c1-5-14-26-18-11-7-8-12-19(18)27-20-17(10-9-13-23-20)15-24-21(22-6-2)25-16(3)4/h7-13,16H,5-6,14-15H2,1-4H3,(H2,22,24,25). The fourth-order valence-corrected chi connectivity index (χ4v) is 2.36. The lowest BCUT2D eigenvalue weighted by Crippen LogP contribution is -2.41. The minimum absolute atomic E-state index is 0.301. The maximum atomic E-state index is 6.06. The number of hydrogen-bond acceptors (Lipinski definition) is 4. The summed E-state index contributed by atoms with van der Waals surface area (Å²) >= 11 is 0. The second-order valence-corrected chi connectivity index (χ2v) is 6.36. The van der Waals surface area contributed by atoms with E-state index in [4.69, 9.17) is 9.47 Å². The fraction of sp³-hybridized carbons (Fsp3) is 0.429. The van der Waals surface area contributed by atoms with Gasteiger partial charge in [-0.05, 0) is 45.4 Å². The summed E-state index contributed by atoms with van der Waals surface area (Å²) in [6.07, 6.45) is 2.66. The van der Waals surface area contributed by atoms with Crippen molar-refractivity contribution in [3.63, 3.8) is 0 Å². The molecule has 0 spiro atoms. The first-order chi connectivity index (χ1) is 13.1. The lowest BCUT2D eigenvalue weighted by atomic mass is 10.2. The van der Waals surface area contributed by atoms with Gasteiger partial charge in [0.15, 0.2) is 17.5 Å². The molecule has 1 aromatic carbocycles. The topological polar surface area (TPSA) is 67.8 Å². The predicted molar refractivity (Wildman–Crippen MR) is 110 cm³/mol. The Balaban J connectivity index is 2.18. The summed E-state index contributed by atoms with van der Waals surface area (Å²) in [6, 6.07) is 11.8. The molecule has 0 atom stereocenters. The molecule has 6 heteroatoms. The van der Waals surface area contributed by atoms with Crippen molar-refractivity contribution < 1.29 is 9.47 Å². The van der Waals surface area contributed by atoms with Gasteiger partial charge in [0.25, 0.3) is 0 Å². The molecule has 0 amide bonds. The van der Waals surface area contributed by atoms with E-state index in [1.807, 2.05) is 43.3 Å². The Labute approximate surface area is 162 Å². The van der Waals surface area contributed by atoms with Crippen LogP contribution in [0.2, 0.25) is 0 Å². The molecule has 27 heavy (non-hydrogen) atoms. The maximum absolute atomic E-state index is 6.06. The highest BCUT2D eigenvalue weighted by atomic mass is 16.5. The van der Waals surface area contributed by atoms with Gasteiger partial charge in [-0.1, -0.05) is 25.1 Å². The second-order valence-electron chi connectivity index (χ2n) is 6.36. The third kappa shape index (κ3) is 6.81. The van der Waals surface area contributed by atoms with Gasteiger partial charge in [0.1, 0.15) is 0 Å². The molecule has 2 rings (SSSR count).